The Kier molecular flexibility index (Phi) is 6.81. The Morgan fingerprint density at radius 1 is 0.370 bits per heavy atom. The highest BCUT2D eigenvalue weighted by molar-refractivity contribution is 9.23. The van der Waals surface area contributed by atoms with Gasteiger partial charge in [-0.25, -0.2) is 8.78 Å². The molecule has 0 heterocycles. The Morgan fingerprint density at radius 2 is 0.593 bits per heavy atom. The molecule has 0 saturated heterocycles. The third-order valence-corrected chi connectivity index (χ3v) is 5.85. The number of alkyl halides is 17. The van der Waals surface area contributed by atoms with Crippen LogP contribution in [-0.4, -0.2) is 64.0 Å². The highest BCUT2D eigenvalue weighted by Crippen LogP contribution is 2.63. The molecule has 0 aliphatic rings. The zero-order chi connectivity index (χ0) is 22.7. The first-order chi connectivity index (χ1) is 11.3. The molecule has 0 spiro atoms. The maximum Gasteiger partial charge on any atom is 0.584 e. The number of hydrogen-bond donors (Lipinski definition) is 0. The van der Waals surface area contributed by atoms with Gasteiger partial charge in [-0.15, -0.1) is 0 Å². The van der Waals surface area contributed by atoms with E-state index < -0.39 is 64.0 Å². The molecule has 0 bridgehead atoms. The van der Waals surface area contributed by atoms with Gasteiger partial charge in [-0.1, -0.05) is 0 Å². The van der Waals surface area contributed by atoms with Crippen molar-refractivity contribution in [1.29, 1.82) is 0 Å². The lowest BCUT2D eigenvalue weighted by atomic mass is 9.91. The van der Waals surface area contributed by atoms with Crippen LogP contribution in [-0.2, 0) is 0 Å². The summed E-state index contributed by atoms with van der Waals surface area (Å²) in [5.41, 5.74) is 0. The lowest BCUT2D eigenvalue weighted by Crippen LogP contribution is -2.74. The van der Waals surface area contributed by atoms with Gasteiger partial charge in [0.25, 0.3) is 0 Å². The van der Waals surface area contributed by atoms with Gasteiger partial charge in [0.1, 0.15) is 0 Å². The highest BCUT2D eigenvalue weighted by atomic mass is 79.9. The van der Waals surface area contributed by atoms with E-state index in [1.165, 1.54) is 12.9 Å². The van der Waals surface area contributed by atoms with Crippen molar-refractivity contribution in [2.24, 2.45) is 0 Å². The Morgan fingerprint density at radius 3 is 0.815 bits per heavy atom. The Labute approximate surface area is 152 Å². The molecule has 0 radical (unpaired) electrons. The third kappa shape index (κ3) is 3.46. The second kappa shape index (κ2) is 6.80. The minimum Gasteiger partial charge on any atom is -0.294 e. The van der Waals surface area contributed by atoms with E-state index in [-0.39, 0.29) is 0 Å². The molecule has 0 unspecified atom stereocenters. The zero-order valence-corrected chi connectivity index (χ0v) is 14.5. The fourth-order valence-corrected chi connectivity index (χ4v) is 2.73. The van der Waals surface area contributed by atoms with Crippen LogP contribution in [0.1, 0.15) is 0 Å². The maximum absolute atomic E-state index is 13.1. The second-order valence-corrected chi connectivity index (χ2v) is 7.62. The van der Waals surface area contributed by atoms with Crippen molar-refractivity contribution >= 4 is 31.1 Å². The molecule has 19 heteroatoms. The van der Waals surface area contributed by atoms with Gasteiger partial charge in [0.05, 0.1) is 0 Å². The van der Waals surface area contributed by atoms with Gasteiger partial charge in [-0.05, 0) is 0 Å². The van der Waals surface area contributed by atoms with Crippen LogP contribution in [0.5, 0.6) is 0 Å². The van der Waals surface area contributed by atoms with Crippen LogP contribution in [0.2, 0.25) is 0 Å². The summed E-state index contributed by atoms with van der Waals surface area (Å²) in [5.74, 6) is -49.3. The number of halogens is 18. The molecule has 0 aliphatic heterocycles. The molecule has 0 atom stereocenters. The molecular weight excluding hydrogens is 523 g/mol. The lowest BCUT2D eigenvalue weighted by molar-refractivity contribution is -0.458. The van der Waals surface area contributed by atoms with Gasteiger partial charge < -0.3 is 0 Å². The van der Waals surface area contributed by atoms with E-state index >= 15 is 0 Å². The molecule has 0 aliphatic carbocycles. The second-order valence-electron chi connectivity index (χ2n) is 4.78. The molecule has 0 aromatic heterocycles. The molecule has 0 nitrogen and oxygen atoms in total. The first kappa shape index (κ1) is 27.1. The van der Waals surface area contributed by atoms with Crippen LogP contribution in [0.15, 0.2) is 0 Å². The van der Waals surface area contributed by atoms with Crippen molar-refractivity contribution in [2.75, 3.05) is 0 Å². The summed E-state index contributed by atoms with van der Waals surface area (Å²) in [7, 11) is 0. The summed E-state index contributed by atoms with van der Waals surface area (Å²) in [4.78, 5) is 0. The summed E-state index contributed by atoms with van der Waals surface area (Å²) in [6.07, 6.45) is -7.74. The van der Waals surface area contributed by atoms with E-state index in [0.29, 0.717) is 0 Å². The quantitative estimate of drug-likeness (QED) is 0.285. The van der Waals surface area contributed by atoms with Gasteiger partial charge in [-0.3, -0.25) is 12.9 Å². The van der Waals surface area contributed by atoms with E-state index in [0.717, 1.165) is 0 Å². The molecule has 27 heavy (non-hydrogen) atoms. The fourth-order valence-electron chi connectivity index (χ4n) is 1.28. The first-order valence-corrected chi connectivity index (χ1v) is 10.2. The van der Waals surface area contributed by atoms with Gasteiger partial charge in [-0.2, -0.15) is 65.9 Å². The molecule has 0 aromatic rings. The van der Waals surface area contributed by atoms with Crippen molar-refractivity contribution in [3.63, 3.8) is 0 Å². The number of hydrogen-bond acceptors (Lipinski definition) is 0. The molecule has 0 aromatic carbocycles. The number of rotatable bonds is 7. The average Bonchev–Trinajstić information content (AvgIpc) is 2.44. The molecule has 0 rings (SSSR count). The van der Waals surface area contributed by atoms with Crippen molar-refractivity contribution in [2.45, 2.75) is 45.8 Å². The fraction of sp³-hybridized carbons (Fsp3) is 1.00. The van der Waals surface area contributed by atoms with E-state index in [9.17, 15) is 74.6 Å². The van der Waals surface area contributed by atoms with Crippen LogP contribution >= 0.6 is 12.9 Å². The van der Waals surface area contributed by atoms with Crippen molar-refractivity contribution in [3.05, 3.63) is 0 Å². The SMILES string of the molecule is FC(F)(F)C(F)(F)C(F)(F)C(F)(F)C(F)(F)C(F)(F)C(F)(F)[C](F)(F)[Mg][Br]. The topological polar surface area (TPSA) is 0 Å². The van der Waals surface area contributed by atoms with Crippen LogP contribution in [0.4, 0.5) is 74.6 Å². The lowest BCUT2D eigenvalue weighted by Gasteiger charge is -2.43. The minimum absolute atomic E-state index is 1.54. The predicted molar refractivity (Wildman–Crippen MR) is 55.4 cm³/mol. The van der Waals surface area contributed by atoms with E-state index in [2.05, 4.69) is 0 Å². The van der Waals surface area contributed by atoms with Gasteiger partial charge in [0.15, 0.2) is 0 Å². The molecular formula is C8BrF17Mg. The first-order valence-electron chi connectivity index (χ1n) is 5.58. The molecule has 0 fully saturated rings. The van der Waals surface area contributed by atoms with Crippen molar-refractivity contribution in [3.8, 4) is 0 Å². The summed E-state index contributed by atoms with van der Waals surface area (Å²) < 4.78 is 209. The smallest absolute Gasteiger partial charge is 0.294 e. The largest absolute Gasteiger partial charge is 0.584 e. The molecule has 0 amide bonds. The maximum atomic E-state index is 13.1. The summed E-state index contributed by atoms with van der Waals surface area (Å²) in [6, 6.07) is 0. The Balaban J connectivity index is 6.65. The van der Waals surface area contributed by atoms with E-state index in [1.54, 1.807) is 0 Å². The van der Waals surface area contributed by atoms with Crippen LogP contribution in [0.25, 0.3) is 0 Å². The van der Waals surface area contributed by atoms with Gasteiger partial charge >= 0.3 is 59.9 Å². The summed E-state index contributed by atoms with van der Waals surface area (Å²) in [6.45, 7) is 0. The average molecular weight is 523 g/mol. The van der Waals surface area contributed by atoms with Crippen LogP contribution in [0, 0.1) is 0 Å². The van der Waals surface area contributed by atoms with Crippen molar-refractivity contribution in [1.82, 2.24) is 0 Å². The standard InChI is InChI=1S/C8F17.BrH.Mg/c9-1(10)2(11,12)3(13,14)4(15,16)5(17,18)6(19,20)7(21,22)8(23,24)25;;/h;1H;/q;;+1/p-1. The normalized spacial score (nSPS) is 16.4. The monoisotopic (exact) mass is 522 g/mol. The molecule has 0 N–H and O–H groups in total. The van der Waals surface area contributed by atoms with Gasteiger partial charge in [0.2, 0.25) is 4.05 Å². The van der Waals surface area contributed by atoms with E-state index in [1.807, 2.05) is 0 Å². The Hall–Kier alpha value is 0.0562. The summed E-state index contributed by atoms with van der Waals surface area (Å²) >= 11 is -2.43. The van der Waals surface area contributed by atoms with Crippen molar-refractivity contribution < 1.29 is 74.6 Å². The third-order valence-electron chi connectivity index (χ3n) is 2.95. The highest BCUT2D eigenvalue weighted by Gasteiger charge is 2.94. The molecule has 0 saturated carbocycles. The van der Waals surface area contributed by atoms with E-state index in [4.69, 9.17) is 0 Å². The van der Waals surface area contributed by atoms with Crippen LogP contribution < -0.4 is 0 Å². The van der Waals surface area contributed by atoms with Gasteiger partial charge in [0, 0.05) is 0 Å². The zero-order valence-electron chi connectivity index (χ0n) is 11.5. The minimum atomic E-state index is -8.56. The van der Waals surface area contributed by atoms with Crippen LogP contribution in [0.3, 0.4) is 0 Å². The predicted octanol–water partition coefficient (Wildman–Crippen LogP) is 5.97. The molecule has 160 valence electrons. The summed E-state index contributed by atoms with van der Waals surface area (Å²) in [5, 5.41) is 0. The Bertz CT molecular complexity index is 548.